The van der Waals surface area contributed by atoms with Gasteiger partial charge in [0.15, 0.2) is 0 Å². The van der Waals surface area contributed by atoms with Gasteiger partial charge in [0.05, 0.1) is 17.0 Å². The van der Waals surface area contributed by atoms with Crippen LogP contribution in [0.2, 0.25) is 0 Å². The first-order chi connectivity index (χ1) is 13.3. The fourth-order valence-corrected chi connectivity index (χ4v) is 4.37. The van der Waals surface area contributed by atoms with Crippen LogP contribution in [0.4, 0.5) is 5.69 Å². The third-order valence-electron chi connectivity index (χ3n) is 5.19. The highest BCUT2D eigenvalue weighted by Gasteiger charge is 2.22. The number of carbonyl (C=O) groups is 1. The van der Waals surface area contributed by atoms with E-state index in [1.807, 2.05) is 24.0 Å². The molecule has 150 valence electrons. The summed E-state index contributed by atoms with van der Waals surface area (Å²) in [5.74, 6) is 0.112. The van der Waals surface area contributed by atoms with E-state index in [4.69, 9.17) is 0 Å². The number of anilines is 1. The lowest BCUT2D eigenvalue weighted by Gasteiger charge is -2.32. The van der Waals surface area contributed by atoms with E-state index >= 15 is 0 Å². The van der Waals surface area contributed by atoms with Crippen molar-refractivity contribution in [2.24, 2.45) is 0 Å². The standard InChI is InChI=1S/C21H27N3O3S/c1-17-4-10-20(11-5-17)28(26,27)23(3)19-8-6-18(7-9-19)16-21(25)24-14-12-22(2)13-15-24/h4-11H,12-16H2,1-3H3. The molecule has 0 aliphatic carbocycles. The molecule has 0 bridgehead atoms. The second-order valence-electron chi connectivity index (χ2n) is 7.31. The van der Waals surface area contributed by atoms with Crippen LogP contribution in [0.15, 0.2) is 53.4 Å². The van der Waals surface area contributed by atoms with Crippen LogP contribution < -0.4 is 4.31 Å². The average molecular weight is 402 g/mol. The number of amides is 1. The third-order valence-corrected chi connectivity index (χ3v) is 6.99. The van der Waals surface area contributed by atoms with Crippen LogP contribution in [0, 0.1) is 6.92 Å². The Kier molecular flexibility index (Phi) is 6.05. The van der Waals surface area contributed by atoms with E-state index in [2.05, 4.69) is 11.9 Å². The summed E-state index contributed by atoms with van der Waals surface area (Å²) in [5.41, 5.74) is 2.46. The van der Waals surface area contributed by atoms with Gasteiger partial charge in [-0.2, -0.15) is 0 Å². The minimum Gasteiger partial charge on any atom is -0.340 e. The Bertz CT molecular complexity index is 916. The number of sulfonamides is 1. The first kappa shape index (κ1) is 20.4. The zero-order valence-corrected chi connectivity index (χ0v) is 17.4. The molecule has 1 fully saturated rings. The van der Waals surface area contributed by atoms with Gasteiger partial charge in [-0.25, -0.2) is 8.42 Å². The molecule has 7 heteroatoms. The summed E-state index contributed by atoms with van der Waals surface area (Å²) in [4.78, 5) is 16.8. The van der Waals surface area contributed by atoms with Gasteiger partial charge in [0.25, 0.3) is 10.0 Å². The van der Waals surface area contributed by atoms with Gasteiger partial charge < -0.3 is 9.80 Å². The van der Waals surface area contributed by atoms with E-state index in [1.54, 1.807) is 43.4 Å². The van der Waals surface area contributed by atoms with Crippen molar-refractivity contribution < 1.29 is 13.2 Å². The van der Waals surface area contributed by atoms with E-state index in [0.717, 1.165) is 37.3 Å². The van der Waals surface area contributed by atoms with Gasteiger partial charge in [-0.05, 0) is 43.8 Å². The Morgan fingerprint density at radius 3 is 2.11 bits per heavy atom. The molecule has 0 saturated carbocycles. The molecule has 2 aromatic carbocycles. The van der Waals surface area contributed by atoms with Gasteiger partial charge in [-0.1, -0.05) is 29.8 Å². The SMILES string of the molecule is Cc1ccc(S(=O)(=O)N(C)c2ccc(CC(=O)N3CCN(C)CC3)cc2)cc1. The molecule has 1 saturated heterocycles. The topological polar surface area (TPSA) is 60.9 Å². The lowest BCUT2D eigenvalue weighted by molar-refractivity contribution is -0.132. The minimum atomic E-state index is -3.61. The van der Waals surface area contributed by atoms with Crippen LogP contribution >= 0.6 is 0 Å². The molecule has 0 spiro atoms. The Balaban J connectivity index is 1.68. The van der Waals surface area contributed by atoms with Crippen LogP contribution in [0.5, 0.6) is 0 Å². The Labute approximate surface area is 167 Å². The van der Waals surface area contributed by atoms with Gasteiger partial charge in [-0.3, -0.25) is 9.10 Å². The maximum Gasteiger partial charge on any atom is 0.264 e. The lowest BCUT2D eigenvalue weighted by atomic mass is 10.1. The van der Waals surface area contributed by atoms with Crippen LogP contribution in [0.25, 0.3) is 0 Å². The molecule has 0 aromatic heterocycles. The Morgan fingerprint density at radius 1 is 0.964 bits per heavy atom. The van der Waals surface area contributed by atoms with Gasteiger partial charge in [-0.15, -0.1) is 0 Å². The molecule has 1 heterocycles. The minimum absolute atomic E-state index is 0.112. The maximum absolute atomic E-state index is 12.8. The van der Waals surface area contributed by atoms with E-state index < -0.39 is 10.0 Å². The smallest absolute Gasteiger partial charge is 0.264 e. The molecule has 28 heavy (non-hydrogen) atoms. The van der Waals surface area contributed by atoms with E-state index in [0.29, 0.717) is 12.1 Å². The molecular weight excluding hydrogens is 374 g/mol. The normalized spacial score (nSPS) is 15.5. The van der Waals surface area contributed by atoms with Crippen molar-refractivity contribution in [3.8, 4) is 0 Å². The summed E-state index contributed by atoms with van der Waals surface area (Å²) in [6, 6.07) is 13.9. The summed E-state index contributed by atoms with van der Waals surface area (Å²) < 4.78 is 26.9. The zero-order chi connectivity index (χ0) is 20.3. The van der Waals surface area contributed by atoms with Crippen LogP contribution in [0.3, 0.4) is 0 Å². The van der Waals surface area contributed by atoms with E-state index in [-0.39, 0.29) is 10.8 Å². The lowest BCUT2D eigenvalue weighted by Crippen LogP contribution is -2.47. The summed E-state index contributed by atoms with van der Waals surface area (Å²) in [5, 5.41) is 0. The second kappa shape index (κ2) is 8.32. The number of rotatable bonds is 5. The van der Waals surface area contributed by atoms with Crippen molar-refractivity contribution in [2.45, 2.75) is 18.2 Å². The molecule has 0 atom stereocenters. The van der Waals surface area contributed by atoms with Crippen LogP contribution in [-0.2, 0) is 21.2 Å². The van der Waals surface area contributed by atoms with Crippen molar-refractivity contribution in [3.63, 3.8) is 0 Å². The molecule has 1 amide bonds. The highest BCUT2D eigenvalue weighted by molar-refractivity contribution is 7.92. The third kappa shape index (κ3) is 4.54. The molecule has 3 rings (SSSR count). The Morgan fingerprint density at radius 2 is 1.54 bits per heavy atom. The van der Waals surface area contributed by atoms with Gasteiger partial charge in [0.2, 0.25) is 5.91 Å². The van der Waals surface area contributed by atoms with Crippen molar-refractivity contribution in [1.29, 1.82) is 0 Å². The van der Waals surface area contributed by atoms with Crippen LogP contribution in [0.1, 0.15) is 11.1 Å². The molecule has 1 aliphatic heterocycles. The monoisotopic (exact) mass is 401 g/mol. The fourth-order valence-electron chi connectivity index (χ4n) is 3.17. The van der Waals surface area contributed by atoms with Crippen molar-refractivity contribution in [2.75, 3.05) is 44.6 Å². The van der Waals surface area contributed by atoms with Crippen molar-refractivity contribution in [3.05, 3.63) is 59.7 Å². The van der Waals surface area contributed by atoms with Gasteiger partial charge >= 0.3 is 0 Å². The molecule has 1 aliphatic rings. The zero-order valence-electron chi connectivity index (χ0n) is 16.6. The number of carbonyl (C=O) groups excluding carboxylic acids is 1. The molecule has 0 unspecified atom stereocenters. The quantitative estimate of drug-likeness (QED) is 0.770. The number of benzene rings is 2. The fraction of sp³-hybridized carbons (Fsp3) is 0.381. The highest BCUT2D eigenvalue weighted by atomic mass is 32.2. The van der Waals surface area contributed by atoms with Gasteiger partial charge in [0.1, 0.15) is 0 Å². The van der Waals surface area contributed by atoms with Crippen molar-refractivity contribution in [1.82, 2.24) is 9.80 Å². The van der Waals surface area contributed by atoms with E-state index in [1.165, 1.54) is 4.31 Å². The highest BCUT2D eigenvalue weighted by Crippen LogP contribution is 2.23. The average Bonchev–Trinajstić information content (AvgIpc) is 2.69. The van der Waals surface area contributed by atoms with E-state index in [9.17, 15) is 13.2 Å². The number of hydrogen-bond donors (Lipinski definition) is 0. The summed E-state index contributed by atoms with van der Waals surface area (Å²) >= 11 is 0. The molecule has 0 radical (unpaired) electrons. The number of hydrogen-bond acceptors (Lipinski definition) is 4. The van der Waals surface area contributed by atoms with Crippen molar-refractivity contribution >= 4 is 21.6 Å². The van der Waals surface area contributed by atoms with Crippen LogP contribution in [-0.4, -0.2) is 64.4 Å². The number of nitrogens with zero attached hydrogens (tertiary/aromatic N) is 3. The molecule has 0 N–H and O–H groups in total. The summed E-state index contributed by atoms with van der Waals surface area (Å²) in [6.45, 7) is 5.22. The first-order valence-electron chi connectivity index (χ1n) is 9.38. The summed E-state index contributed by atoms with van der Waals surface area (Å²) in [7, 11) is -0.0151. The molecule has 6 nitrogen and oxygen atoms in total. The first-order valence-corrected chi connectivity index (χ1v) is 10.8. The maximum atomic E-state index is 12.8. The Hall–Kier alpha value is -2.38. The predicted molar refractivity (Wildman–Crippen MR) is 111 cm³/mol. The number of aryl methyl sites for hydroxylation is 1. The summed E-state index contributed by atoms with van der Waals surface area (Å²) in [6.07, 6.45) is 0.332. The number of likely N-dealkylation sites (N-methyl/N-ethyl adjacent to an activating group) is 1. The predicted octanol–water partition coefficient (Wildman–Crippen LogP) is 2.14. The number of piperazine rings is 1. The second-order valence-corrected chi connectivity index (χ2v) is 9.28. The molecule has 2 aromatic rings. The molecular formula is C21H27N3O3S. The largest absolute Gasteiger partial charge is 0.340 e. The van der Waals surface area contributed by atoms with Gasteiger partial charge in [0, 0.05) is 33.2 Å².